The van der Waals surface area contributed by atoms with E-state index in [1.807, 2.05) is 6.07 Å². The topological polar surface area (TPSA) is 57.9 Å². The first-order valence-electron chi connectivity index (χ1n) is 3.80. The highest BCUT2D eigenvalue weighted by Crippen LogP contribution is 2.21. The number of nitriles is 1. The minimum Gasteiger partial charge on any atom is -0.298 e. The summed E-state index contributed by atoms with van der Waals surface area (Å²) in [5.41, 5.74) is 0.587. The smallest absolute Gasteiger partial charge is 0.162 e. The van der Waals surface area contributed by atoms with Gasteiger partial charge in [0.25, 0.3) is 0 Å². The number of ketones is 1. The third-order valence-electron chi connectivity index (χ3n) is 1.73. The van der Waals surface area contributed by atoms with Crippen LogP contribution in [0.15, 0.2) is 12.1 Å². The van der Waals surface area contributed by atoms with Crippen LogP contribution in [0.4, 0.5) is 0 Å². The molecule has 1 aromatic rings. The molecule has 4 heteroatoms. The predicted molar refractivity (Wildman–Crippen MR) is 51.6 cm³/mol. The van der Waals surface area contributed by atoms with Gasteiger partial charge in [-0.25, -0.2) is 0 Å². The molecular weight excluding hydrogens is 202 g/mol. The number of Topliss-reactive ketones (excluding diaryl/α,β-unsaturated/α-hetero) is 1. The van der Waals surface area contributed by atoms with E-state index in [2.05, 4.69) is 0 Å². The lowest BCUT2D eigenvalue weighted by Crippen LogP contribution is -2.00. The molecule has 0 aromatic heterocycles. The highest BCUT2D eigenvalue weighted by molar-refractivity contribution is 6.34. The van der Waals surface area contributed by atoms with Gasteiger partial charge >= 0.3 is 0 Å². The van der Waals surface area contributed by atoms with Crippen molar-refractivity contribution in [2.24, 2.45) is 0 Å². The maximum Gasteiger partial charge on any atom is 0.162 e. The van der Waals surface area contributed by atoms with E-state index in [-0.39, 0.29) is 27.5 Å². The summed E-state index contributed by atoms with van der Waals surface area (Å²) < 4.78 is 0. The molecule has 0 fully saturated rings. The summed E-state index contributed by atoms with van der Waals surface area (Å²) in [5, 5.41) is 8.74. The maximum atomic E-state index is 11.1. The highest BCUT2D eigenvalue weighted by Gasteiger charge is 2.12. The van der Waals surface area contributed by atoms with Gasteiger partial charge in [0.05, 0.1) is 16.7 Å². The Morgan fingerprint density at radius 1 is 1.57 bits per heavy atom. The van der Waals surface area contributed by atoms with Crippen molar-refractivity contribution in [1.29, 1.82) is 5.26 Å². The quantitative estimate of drug-likeness (QED) is 0.552. The molecular formula is C10H6ClNO2. The van der Waals surface area contributed by atoms with E-state index >= 15 is 0 Å². The normalized spacial score (nSPS) is 9.21. The summed E-state index contributed by atoms with van der Waals surface area (Å²) in [6.07, 6.45) is 0.517. The van der Waals surface area contributed by atoms with Crippen molar-refractivity contribution >= 4 is 23.7 Å². The lowest BCUT2D eigenvalue weighted by molar-refractivity contribution is 0.101. The average molecular weight is 208 g/mol. The first-order valence-corrected chi connectivity index (χ1v) is 4.17. The highest BCUT2D eigenvalue weighted by atomic mass is 35.5. The van der Waals surface area contributed by atoms with Crippen molar-refractivity contribution in [3.63, 3.8) is 0 Å². The molecule has 0 saturated heterocycles. The number of benzene rings is 1. The van der Waals surface area contributed by atoms with Gasteiger partial charge in [-0.3, -0.25) is 9.59 Å². The van der Waals surface area contributed by atoms with E-state index < -0.39 is 0 Å². The number of halogens is 1. The monoisotopic (exact) mass is 207 g/mol. The van der Waals surface area contributed by atoms with Crippen LogP contribution in [0.5, 0.6) is 0 Å². The first kappa shape index (κ1) is 10.4. The average Bonchev–Trinajstić information content (AvgIpc) is 2.15. The zero-order valence-electron chi connectivity index (χ0n) is 7.37. The minimum atomic E-state index is -0.290. The van der Waals surface area contributed by atoms with E-state index in [4.69, 9.17) is 16.9 Å². The molecule has 1 aromatic carbocycles. The zero-order chi connectivity index (χ0) is 10.7. The number of aldehydes is 1. The Balaban J connectivity index is 3.52. The van der Waals surface area contributed by atoms with E-state index in [9.17, 15) is 9.59 Å². The fourth-order valence-electron chi connectivity index (χ4n) is 1.16. The molecule has 14 heavy (non-hydrogen) atoms. The largest absolute Gasteiger partial charge is 0.298 e. The molecule has 0 atom stereocenters. The second-order valence-electron chi connectivity index (χ2n) is 2.71. The molecule has 0 heterocycles. The minimum absolute atomic E-state index is 0.138. The van der Waals surface area contributed by atoms with Gasteiger partial charge in [-0.05, 0) is 19.1 Å². The molecule has 0 bridgehead atoms. The SMILES string of the molecule is CC(=O)c1c(Cl)cc(C#N)cc1C=O. The van der Waals surface area contributed by atoms with Gasteiger partial charge in [-0.2, -0.15) is 5.26 Å². The molecule has 0 radical (unpaired) electrons. The van der Waals surface area contributed by atoms with Crippen LogP contribution in [-0.4, -0.2) is 12.1 Å². The number of hydrogen-bond donors (Lipinski definition) is 0. The third kappa shape index (κ3) is 1.81. The number of nitrogens with zero attached hydrogens (tertiary/aromatic N) is 1. The second-order valence-corrected chi connectivity index (χ2v) is 3.12. The van der Waals surface area contributed by atoms with Crippen molar-refractivity contribution < 1.29 is 9.59 Å². The van der Waals surface area contributed by atoms with Gasteiger partial charge in [0, 0.05) is 11.1 Å². The summed E-state index contributed by atoms with van der Waals surface area (Å²) in [5.74, 6) is -0.290. The molecule has 1 rings (SSSR count). The second kappa shape index (κ2) is 4.03. The standard InChI is InChI=1S/C10H6ClNO2/c1-6(14)10-8(5-13)2-7(4-12)3-9(10)11/h2-3,5H,1H3. The zero-order valence-corrected chi connectivity index (χ0v) is 8.13. The Morgan fingerprint density at radius 3 is 2.64 bits per heavy atom. The number of carbonyl (C=O) groups is 2. The van der Waals surface area contributed by atoms with Gasteiger partial charge in [0.15, 0.2) is 12.1 Å². The number of hydrogen-bond acceptors (Lipinski definition) is 3. The van der Waals surface area contributed by atoms with Crippen molar-refractivity contribution in [1.82, 2.24) is 0 Å². The van der Waals surface area contributed by atoms with E-state index in [0.29, 0.717) is 6.29 Å². The maximum absolute atomic E-state index is 11.1. The summed E-state index contributed by atoms with van der Waals surface area (Å²) in [6.45, 7) is 1.32. The molecule has 0 N–H and O–H groups in total. The lowest BCUT2D eigenvalue weighted by Gasteiger charge is -2.03. The van der Waals surface area contributed by atoms with Crippen molar-refractivity contribution in [2.75, 3.05) is 0 Å². The molecule has 0 amide bonds. The van der Waals surface area contributed by atoms with Crippen LogP contribution >= 0.6 is 11.6 Å². The summed E-state index contributed by atoms with van der Waals surface area (Å²) >= 11 is 5.76. The van der Waals surface area contributed by atoms with Crippen LogP contribution < -0.4 is 0 Å². The van der Waals surface area contributed by atoms with Gasteiger partial charge < -0.3 is 0 Å². The van der Waals surface area contributed by atoms with Crippen LogP contribution in [0, 0.1) is 11.3 Å². The molecule has 0 unspecified atom stereocenters. The van der Waals surface area contributed by atoms with Crippen LogP contribution in [0.25, 0.3) is 0 Å². The Labute approximate surface area is 85.9 Å². The van der Waals surface area contributed by atoms with E-state index in [1.54, 1.807) is 0 Å². The Morgan fingerprint density at radius 2 is 2.21 bits per heavy atom. The fraction of sp³-hybridized carbons (Fsp3) is 0.100. The Bertz CT molecular complexity index is 446. The molecule has 0 aliphatic carbocycles. The lowest BCUT2D eigenvalue weighted by atomic mass is 10.0. The van der Waals surface area contributed by atoms with Crippen LogP contribution in [0.1, 0.15) is 33.2 Å². The molecule has 0 aliphatic rings. The predicted octanol–water partition coefficient (Wildman–Crippen LogP) is 2.23. The number of rotatable bonds is 2. The van der Waals surface area contributed by atoms with Crippen molar-refractivity contribution in [3.05, 3.63) is 33.8 Å². The van der Waals surface area contributed by atoms with Crippen LogP contribution in [-0.2, 0) is 0 Å². The van der Waals surface area contributed by atoms with Crippen molar-refractivity contribution in [2.45, 2.75) is 6.92 Å². The molecule has 3 nitrogen and oxygen atoms in total. The van der Waals surface area contributed by atoms with Gasteiger partial charge in [0.1, 0.15) is 0 Å². The summed E-state index contributed by atoms with van der Waals surface area (Å²) in [4.78, 5) is 21.8. The Hall–Kier alpha value is -1.66. The first-order chi connectivity index (χ1) is 6.60. The summed E-state index contributed by atoms with van der Waals surface area (Å²) in [6, 6.07) is 4.56. The van der Waals surface area contributed by atoms with Crippen molar-refractivity contribution in [3.8, 4) is 6.07 Å². The molecule has 0 aliphatic heterocycles. The molecule has 0 spiro atoms. The fourth-order valence-corrected chi connectivity index (χ4v) is 1.52. The number of carbonyl (C=O) groups excluding carboxylic acids is 2. The third-order valence-corrected chi connectivity index (χ3v) is 2.03. The molecule has 0 saturated carbocycles. The van der Waals surface area contributed by atoms with Crippen LogP contribution in [0.2, 0.25) is 5.02 Å². The van der Waals surface area contributed by atoms with Gasteiger partial charge in [-0.15, -0.1) is 0 Å². The van der Waals surface area contributed by atoms with Crippen LogP contribution in [0.3, 0.4) is 0 Å². The Kier molecular flexibility index (Phi) is 3.00. The molecule has 70 valence electrons. The van der Waals surface area contributed by atoms with E-state index in [1.165, 1.54) is 19.1 Å². The summed E-state index contributed by atoms with van der Waals surface area (Å²) in [7, 11) is 0. The van der Waals surface area contributed by atoms with Gasteiger partial charge in [0.2, 0.25) is 0 Å². The van der Waals surface area contributed by atoms with E-state index in [0.717, 1.165) is 0 Å². The van der Waals surface area contributed by atoms with Gasteiger partial charge in [-0.1, -0.05) is 11.6 Å².